The molecule has 7 heteroatoms. The van der Waals surface area contributed by atoms with E-state index < -0.39 is 5.97 Å². The number of hydrogen-bond acceptors (Lipinski definition) is 6. The Balaban J connectivity index is 3.32. The summed E-state index contributed by atoms with van der Waals surface area (Å²) in [4.78, 5) is 13.4. The van der Waals surface area contributed by atoms with Crippen LogP contribution in [0.15, 0.2) is 12.1 Å². The fourth-order valence-corrected chi connectivity index (χ4v) is 2.13. The van der Waals surface area contributed by atoms with Gasteiger partial charge in [0, 0.05) is 18.8 Å². The third kappa shape index (κ3) is 3.73. The molecule has 0 spiro atoms. The number of hydrogen-bond donors (Lipinski definition) is 3. The second-order valence-electron chi connectivity index (χ2n) is 3.82. The fraction of sp³-hybridized carbons (Fsp3) is 0.417. The highest BCUT2D eigenvalue weighted by Crippen LogP contribution is 2.32. The van der Waals surface area contributed by atoms with E-state index in [-0.39, 0.29) is 36.9 Å². The number of esters is 1. The number of methoxy groups -OCH3 is 1. The van der Waals surface area contributed by atoms with E-state index in [0.717, 1.165) is 0 Å². The predicted octanol–water partition coefficient (Wildman–Crippen LogP) is 0.500. The maximum atomic E-state index is 11.8. The van der Waals surface area contributed by atoms with Crippen molar-refractivity contribution in [3.8, 4) is 0 Å². The van der Waals surface area contributed by atoms with Crippen LogP contribution in [0.4, 0.5) is 11.4 Å². The lowest BCUT2D eigenvalue weighted by atomic mass is 10.1. The first-order valence-corrected chi connectivity index (χ1v) is 6.07. The Morgan fingerprint density at radius 1 is 1.37 bits per heavy atom. The molecule has 1 aromatic carbocycles. The average Bonchev–Trinajstić information content (AvgIpc) is 2.37. The Morgan fingerprint density at radius 3 is 2.42 bits per heavy atom. The van der Waals surface area contributed by atoms with Crippen molar-refractivity contribution in [1.29, 1.82) is 0 Å². The molecule has 0 atom stereocenters. The maximum absolute atomic E-state index is 11.8. The van der Waals surface area contributed by atoms with Crippen LogP contribution >= 0.6 is 11.6 Å². The summed E-state index contributed by atoms with van der Waals surface area (Å²) in [6, 6.07) is 2.96. The number of anilines is 2. The lowest BCUT2D eigenvalue weighted by molar-refractivity contribution is 0.0601. The zero-order valence-corrected chi connectivity index (χ0v) is 11.4. The van der Waals surface area contributed by atoms with E-state index in [0.29, 0.717) is 11.4 Å². The summed E-state index contributed by atoms with van der Waals surface area (Å²) in [5, 5.41) is 18.4. The van der Waals surface area contributed by atoms with Crippen LogP contribution in [-0.2, 0) is 4.74 Å². The highest BCUT2D eigenvalue weighted by molar-refractivity contribution is 6.34. The van der Waals surface area contributed by atoms with Gasteiger partial charge in [0.1, 0.15) is 0 Å². The molecule has 4 N–H and O–H groups in total. The summed E-state index contributed by atoms with van der Waals surface area (Å²) in [5.41, 5.74) is 6.59. The van der Waals surface area contributed by atoms with Gasteiger partial charge in [-0.2, -0.15) is 0 Å². The van der Waals surface area contributed by atoms with E-state index in [4.69, 9.17) is 27.5 Å². The molecule has 0 aromatic heterocycles. The normalized spacial score (nSPS) is 10.3. The number of aliphatic hydroxyl groups excluding tert-OH is 2. The number of carbonyl (C=O) groups excluding carboxylic acids is 1. The first-order valence-electron chi connectivity index (χ1n) is 5.69. The van der Waals surface area contributed by atoms with Gasteiger partial charge in [-0.05, 0) is 12.1 Å². The quantitative estimate of drug-likeness (QED) is 0.521. The Hall–Kier alpha value is -1.50. The Labute approximate surface area is 116 Å². The molecule has 106 valence electrons. The predicted molar refractivity (Wildman–Crippen MR) is 73.6 cm³/mol. The van der Waals surface area contributed by atoms with Crippen molar-refractivity contribution in [2.45, 2.75) is 0 Å². The summed E-state index contributed by atoms with van der Waals surface area (Å²) in [5.74, 6) is -0.579. The highest BCUT2D eigenvalue weighted by Gasteiger charge is 2.21. The molecule has 0 aliphatic rings. The van der Waals surface area contributed by atoms with Gasteiger partial charge in [-0.1, -0.05) is 11.6 Å². The van der Waals surface area contributed by atoms with Crippen molar-refractivity contribution in [3.63, 3.8) is 0 Å². The second-order valence-corrected chi connectivity index (χ2v) is 4.23. The Kier molecular flexibility index (Phi) is 5.88. The molecule has 0 aliphatic heterocycles. The monoisotopic (exact) mass is 288 g/mol. The van der Waals surface area contributed by atoms with E-state index in [2.05, 4.69) is 4.74 Å². The van der Waals surface area contributed by atoms with Crippen LogP contribution in [0.2, 0.25) is 5.02 Å². The third-order valence-corrected chi connectivity index (χ3v) is 2.84. The van der Waals surface area contributed by atoms with E-state index >= 15 is 0 Å². The van der Waals surface area contributed by atoms with Crippen LogP contribution in [0, 0.1) is 0 Å². The molecule has 0 heterocycles. The van der Waals surface area contributed by atoms with Crippen molar-refractivity contribution < 1.29 is 19.7 Å². The van der Waals surface area contributed by atoms with E-state index in [1.54, 1.807) is 4.90 Å². The number of halogens is 1. The number of rotatable bonds is 6. The van der Waals surface area contributed by atoms with E-state index in [9.17, 15) is 4.79 Å². The number of nitrogens with zero attached hydrogens (tertiary/aromatic N) is 1. The van der Waals surface area contributed by atoms with Gasteiger partial charge in [0.2, 0.25) is 0 Å². The molecule has 0 amide bonds. The average molecular weight is 289 g/mol. The minimum absolute atomic E-state index is 0.138. The number of nitrogens with two attached hydrogens (primary N) is 1. The molecule has 0 radical (unpaired) electrons. The zero-order chi connectivity index (χ0) is 14.4. The molecular formula is C12H17ClN2O4. The Bertz CT molecular complexity index is 448. The van der Waals surface area contributed by atoms with E-state index in [1.807, 2.05) is 0 Å². The summed E-state index contributed by atoms with van der Waals surface area (Å²) >= 11 is 6.11. The van der Waals surface area contributed by atoms with Crippen LogP contribution in [0.5, 0.6) is 0 Å². The lowest BCUT2D eigenvalue weighted by Gasteiger charge is -2.26. The van der Waals surface area contributed by atoms with Gasteiger partial charge in [0.15, 0.2) is 0 Å². The molecule has 19 heavy (non-hydrogen) atoms. The van der Waals surface area contributed by atoms with Crippen LogP contribution in [0.3, 0.4) is 0 Å². The molecule has 0 saturated heterocycles. The molecule has 0 aliphatic carbocycles. The van der Waals surface area contributed by atoms with Gasteiger partial charge >= 0.3 is 5.97 Å². The van der Waals surface area contributed by atoms with Crippen molar-refractivity contribution >= 4 is 28.9 Å². The minimum atomic E-state index is -0.579. The molecule has 0 fully saturated rings. The maximum Gasteiger partial charge on any atom is 0.340 e. The second kappa shape index (κ2) is 7.18. The highest BCUT2D eigenvalue weighted by atomic mass is 35.5. The molecule has 1 aromatic rings. The van der Waals surface area contributed by atoms with Gasteiger partial charge in [0.25, 0.3) is 0 Å². The summed E-state index contributed by atoms with van der Waals surface area (Å²) in [7, 11) is 1.26. The molecule has 1 rings (SSSR count). The number of nitrogen functional groups attached to an aromatic ring is 1. The van der Waals surface area contributed by atoms with Crippen molar-refractivity contribution in [2.75, 3.05) is 44.0 Å². The lowest BCUT2D eigenvalue weighted by Crippen LogP contribution is -2.31. The van der Waals surface area contributed by atoms with Crippen LogP contribution in [-0.4, -0.2) is 49.6 Å². The first-order chi connectivity index (χ1) is 9.04. The summed E-state index contributed by atoms with van der Waals surface area (Å²) in [6.07, 6.45) is 0. The molecule has 0 saturated carbocycles. The smallest absolute Gasteiger partial charge is 0.340 e. The van der Waals surface area contributed by atoms with Crippen LogP contribution < -0.4 is 10.6 Å². The largest absolute Gasteiger partial charge is 0.465 e. The summed E-state index contributed by atoms with van der Waals surface area (Å²) in [6.45, 7) is 0.186. The SMILES string of the molecule is COC(=O)c1cc(N)cc(Cl)c1N(CCO)CCO. The van der Waals surface area contributed by atoms with Gasteiger partial charge in [-0.25, -0.2) is 4.79 Å². The first kappa shape index (κ1) is 15.6. The molecular weight excluding hydrogens is 272 g/mol. The molecule has 6 nitrogen and oxygen atoms in total. The summed E-state index contributed by atoms with van der Waals surface area (Å²) < 4.78 is 4.69. The Morgan fingerprint density at radius 2 is 1.95 bits per heavy atom. The van der Waals surface area contributed by atoms with Gasteiger partial charge in [0.05, 0.1) is 36.6 Å². The minimum Gasteiger partial charge on any atom is -0.465 e. The standard InChI is InChI=1S/C12H17ClN2O4/c1-19-12(18)9-6-8(14)7-10(13)11(9)15(2-4-16)3-5-17/h6-7,16-17H,2-5,14H2,1H3. The topological polar surface area (TPSA) is 96.0 Å². The van der Waals surface area contributed by atoms with Gasteiger partial charge in [-0.15, -0.1) is 0 Å². The van der Waals surface area contributed by atoms with Crippen molar-refractivity contribution in [3.05, 3.63) is 22.7 Å². The van der Waals surface area contributed by atoms with E-state index in [1.165, 1.54) is 19.2 Å². The molecule has 0 bridgehead atoms. The fourth-order valence-electron chi connectivity index (χ4n) is 1.78. The zero-order valence-electron chi connectivity index (χ0n) is 10.6. The number of benzene rings is 1. The number of carbonyl (C=O) groups is 1. The van der Waals surface area contributed by atoms with Crippen LogP contribution in [0.1, 0.15) is 10.4 Å². The van der Waals surface area contributed by atoms with Gasteiger partial charge in [-0.3, -0.25) is 0 Å². The van der Waals surface area contributed by atoms with Crippen LogP contribution in [0.25, 0.3) is 0 Å². The molecule has 0 unspecified atom stereocenters. The number of ether oxygens (including phenoxy) is 1. The number of aliphatic hydroxyl groups is 2. The van der Waals surface area contributed by atoms with Gasteiger partial charge < -0.3 is 25.6 Å². The van der Waals surface area contributed by atoms with Crippen molar-refractivity contribution in [1.82, 2.24) is 0 Å². The van der Waals surface area contributed by atoms with Crippen molar-refractivity contribution in [2.24, 2.45) is 0 Å². The third-order valence-electron chi connectivity index (χ3n) is 2.55.